The molecule has 0 aliphatic carbocycles. The van der Waals surface area contributed by atoms with Crippen LogP contribution >= 0.6 is 12.6 Å². The van der Waals surface area contributed by atoms with Crippen molar-refractivity contribution < 1.29 is 9.59 Å². The third-order valence-corrected chi connectivity index (χ3v) is 4.72. The summed E-state index contributed by atoms with van der Waals surface area (Å²) in [5, 5.41) is 0. The highest BCUT2D eigenvalue weighted by molar-refractivity contribution is 7.80. The van der Waals surface area contributed by atoms with Gasteiger partial charge in [-0.1, -0.05) is 27.7 Å². The van der Waals surface area contributed by atoms with Gasteiger partial charge in [0.05, 0.1) is 5.41 Å². The van der Waals surface area contributed by atoms with Crippen LogP contribution in [0.15, 0.2) is 0 Å². The lowest BCUT2D eigenvalue weighted by atomic mass is 9.83. The third kappa shape index (κ3) is 2.67. The van der Waals surface area contributed by atoms with Gasteiger partial charge in [0.2, 0.25) is 11.8 Å². The first-order valence-electron chi connectivity index (χ1n) is 6.27. The van der Waals surface area contributed by atoms with Crippen molar-refractivity contribution in [1.82, 2.24) is 4.90 Å². The summed E-state index contributed by atoms with van der Waals surface area (Å²) in [6.45, 7) is 8.39. The molecular weight excluding hydrogens is 234 g/mol. The minimum Gasteiger partial charge on any atom is -0.282 e. The maximum Gasteiger partial charge on any atom is 0.235 e. The molecule has 1 aliphatic rings. The molecular formula is C13H23NO2S. The summed E-state index contributed by atoms with van der Waals surface area (Å²) in [7, 11) is 0. The van der Waals surface area contributed by atoms with E-state index in [0.29, 0.717) is 18.7 Å². The second-order valence-corrected chi connectivity index (χ2v) is 6.03. The van der Waals surface area contributed by atoms with Crippen molar-refractivity contribution in [3.05, 3.63) is 0 Å². The topological polar surface area (TPSA) is 37.4 Å². The summed E-state index contributed by atoms with van der Waals surface area (Å²) in [6, 6.07) is 0. The van der Waals surface area contributed by atoms with Crippen LogP contribution in [0.2, 0.25) is 0 Å². The largest absolute Gasteiger partial charge is 0.282 e. The number of carbonyl (C=O) groups is 2. The Labute approximate surface area is 109 Å². The van der Waals surface area contributed by atoms with Gasteiger partial charge in [-0.2, -0.15) is 12.6 Å². The summed E-state index contributed by atoms with van der Waals surface area (Å²) in [4.78, 5) is 25.5. The highest BCUT2D eigenvalue weighted by Gasteiger charge is 2.46. The zero-order valence-corrected chi connectivity index (χ0v) is 12.1. The normalized spacial score (nSPS) is 20.2. The van der Waals surface area contributed by atoms with E-state index in [2.05, 4.69) is 26.5 Å². The monoisotopic (exact) mass is 257 g/mol. The summed E-state index contributed by atoms with van der Waals surface area (Å²) in [5.41, 5.74) is -0.560. The quantitative estimate of drug-likeness (QED) is 0.607. The predicted octanol–water partition coefficient (Wildman–Crippen LogP) is 2.51. The van der Waals surface area contributed by atoms with Gasteiger partial charge in [0.25, 0.3) is 0 Å². The molecule has 0 unspecified atom stereocenters. The maximum absolute atomic E-state index is 12.1. The number of nitrogens with zero attached hydrogens (tertiary/aromatic N) is 1. The number of carbonyl (C=O) groups excluding carboxylic acids is 2. The Morgan fingerprint density at radius 3 is 2.12 bits per heavy atom. The van der Waals surface area contributed by atoms with Crippen molar-refractivity contribution in [3.63, 3.8) is 0 Å². The van der Waals surface area contributed by atoms with Crippen LogP contribution < -0.4 is 0 Å². The summed E-state index contributed by atoms with van der Waals surface area (Å²) in [6.07, 6.45) is 2.21. The highest BCUT2D eigenvalue weighted by atomic mass is 32.1. The third-order valence-electron chi connectivity index (χ3n) is 4.05. The Balaban J connectivity index is 2.88. The van der Waals surface area contributed by atoms with E-state index in [1.807, 2.05) is 13.8 Å². The van der Waals surface area contributed by atoms with Crippen LogP contribution in [0.5, 0.6) is 0 Å². The fourth-order valence-corrected chi connectivity index (χ4v) is 2.82. The lowest BCUT2D eigenvalue weighted by molar-refractivity contribution is -0.142. The molecule has 0 N–H and O–H groups in total. The molecule has 0 saturated carbocycles. The van der Waals surface area contributed by atoms with E-state index < -0.39 is 5.41 Å². The SMILES string of the molecule is CCC(CC)(CS)CN1C(=O)CC(C)(C)C1=O. The molecule has 0 aromatic rings. The minimum absolute atomic E-state index is 0.0319. The fourth-order valence-electron chi connectivity index (χ4n) is 2.27. The number of likely N-dealkylation sites (tertiary alicyclic amines) is 1. The molecule has 0 aromatic heterocycles. The Kier molecular flexibility index (Phi) is 4.28. The smallest absolute Gasteiger partial charge is 0.235 e. The summed E-state index contributed by atoms with van der Waals surface area (Å²) < 4.78 is 0. The van der Waals surface area contributed by atoms with Gasteiger partial charge < -0.3 is 0 Å². The molecule has 98 valence electrons. The summed E-state index contributed by atoms with van der Waals surface area (Å²) in [5.74, 6) is 0.640. The first-order valence-corrected chi connectivity index (χ1v) is 6.91. The van der Waals surface area contributed by atoms with Crippen molar-refractivity contribution >= 4 is 24.4 Å². The number of rotatable bonds is 5. The van der Waals surface area contributed by atoms with Crippen molar-refractivity contribution in [2.75, 3.05) is 12.3 Å². The van der Waals surface area contributed by atoms with Crippen molar-refractivity contribution in [2.45, 2.75) is 47.0 Å². The lowest BCUT2D eigenvalue weighted by Gasteiger charge is -2.34. The van der Waals surface area contributed by atoms with Gasteiger partial charge in [-0.3, -0.25) is 14.5 Å². The average Bonchev–Trinajstić information content (AvgIpc) is 2.48. The van der Waals surface area contributed by atoms with E-state index in [1.54, 1.807) is 0 Å². The van der Waals surface area contributed by atoms with Gasteiger partial charge in [0, 0.05) is 13.0 Å². The molecule has 1 heterocycles. The van der Waals surface area contributed by atoms with Crippen LogP contribution in [0.25, 0.3) is 0 Å². The molecule has 0 atom stereocenters. The summed E-state index contributed by atoms with van der Waals surface area (Å²) >= 11 is 4.39. The van der Waals surface area contributed by atoms with E-state index in [9.17, 15) is 9.59 Å². The van der Waals surface area contributed by atoms with E-state index in [0.717, 1.165) is 12.8 Å². The standard InChI is InChI=1S/C13H23NO2S/c1-5-13(6-2,9-17)8-14-10(15)7-12(3,4)11(14)16/h17H,5-9H2,1-4H3. The number of hydrogen-bond acceptors (Lipinski definition) is 3. The molecule has 17 heavy (non-hydrogen) atoms. The van der Waals surface area contributed by atoms with Gasteiger partial charge in [0.1, 0.15) is 0 Å². The number of amides is 2. The molecule has 1 saturated heterocycles. The molecule has 1 aliphatic heterocycles. The molecule has 1 rings (SSSR count). The molecule has 1 fully saturated rings. The van der Waals surface area contributed by atoms with Gasteiger partial charge in [0.15, 0.2) is 0 Å². The van der Waals surface area contributed by atoms with E-state index in [1.165, 1.54) is 4.90 Å². The lowest BCUT2D eigenvalue weighted by Crippen LogP contribution is -2.43. The maximum atomic E-state index is 12.1. The fraction of sp³-hybridized carbons (Fsp3) is 0.846. The van der Waals surface area contributed by atoms with Gasteiger partial charge >= 0.3 is 0 Å². The van der Waals surface area contributed by atoms with E-state index >= 15 is 0 Å². The molecule has 2 amide bonds. The Bertz CT molecular complexity index is 313. The van der Waals surface area contributed by atoms with Gasteiger partial charge in [-0.15, -0.1) is 0 Å². The van der Waals surface area contributed by atoms with Crippen LogP contribution in [0.4, 0.5) is 0 Å². The van der Waals surface area contributed by atoms with Crippen LogP contribution in [0.3, 0.4) is 0 Å². The first kappa shape index (κ1) is 14.6. The Morgan fingerprint density at radius 2 is 1.82 bits per heavy atom. The molecule has 0 radical (unpaired) electrons. The molecule has 0 bridgehead atoms. The zero-order valence-electron chi connectivity index (χ0n) is 11.2. The number of hydrogen-bond donors (Lipinski definition) is 1. The number of thiol groups is 1. The molecule has 0 aromatic carbocycles. The predicted molar refractivity (Wildman–Crippen MR) is 72.0 cm³/mol. The van der Waals surface area contributed by atoms with E-state index in [4.69, 9.17) is 0 Å². The van der Waals surface area contributed by atoms with Crippen molar-refractivity contribution in [2.24, 2.45) is 10.8 Å². The number of imide groups is 1. The molecule has 4 heteroatoms. The second kappa shape index (κ2) is 5.01. The molecule has 0 spiro atoms. The van der Waals surface area contributed by atoms with E-state index in [-0.39, 0.29) is 17.2 Å². The second-order valence-electron chi connectivity index (χ2n) is 5.71. The van der Waals surface area contributed by atoms with Crippen LogP contribution in [0, 0.1) is 10.8 Å². The minimum atomic E-state index is -0.527. The zero-order chi connectivity index (χ0) is 13.3. The Morgan fingerprint density at radius 1 is 1.29 bits per heavy atom. The van der Waals surface area contributed by atoms with Crippen LogP contribution in [0.1, 0.15) is 47.0 Å². The Hall–Kier alpha value is -0.510. The molecule has 3 nitrogen and oxygen atoms in total. The van der Waals surface area contributed by atoms with Gasteiger partial charge in [-0.05, 0) is 24.0 Å². The highest BCUT2D eigenvalue weighted by Crippen LogP contribution is 2.36. The van der Waals surface area contributed by atoms with Gasteiger partial charge in [-0.25, -0.2) is 0 Å². The van der Waals surface area contributed by atoms with Crippen molar-refractivity contribution in [3.8, 4) is 0 Å². The van der Waals surface area contributed by atoms with Crippen molar-refractivity contribution in [1.29, 1.82) is 0 Å². The van der Waals surface area contributed by atoms with Crippen LogP contribution in [-0.4, -0.2) is 29.0 Å². The first-order chi connectivity index (χ1) is 7.82. The van der Waals surface area contributed by atoms with Crippen LogP contribution in [-0.2, 0) is 9.59 Å². The average molecular weight is 257 g/mol.